The van der Waals surface area contributed by atoms with Gasteiger partial charge in [-0.05, 0) is 24.3 Å². The second-order valence-corrected chi connectivity index (χ2v) is 8.75. The SMILES string of the molecule is CCN(CC)S(=O)(=O)c1ccc(C(=O)NCC2CN3CCN2CC3)cc1. The van der Waals surface area contributed by atoms with Gasteiger partial charge >= 0.3 is 0 Å². The Bertz CT molecular complexity index is 723. The van der Waals surface area contributed by atoms with Gasteiger partial charge in [0.25, 0.3) is 5.91 Å². The van der Waals surface area contributed by atoms with E-state index in [-0.39, 0.29) is 10.8 Å². The Morgan fingerprint density at radius 2 is 1.73 bits per heavy atom. The zero-order valence-corrected chi connectivity index (χ0v) is 16.3. The van der Waals surface area contributed by atoms with Gasteiger partial charge in [0.05, 0.1) is 4.90 Å². The lowest BCUT2D eigenvalue weighted by Gasteiger charge is -2.47. The van der Waals surface area contributed by atoms with Gasteiger partial charge in [0.15, 0.2) is 0 Å². The molecule has 3 fully saturated rings. The van der Waals surface area contributed by atoms with E-state index in [2.05, 4.69) is 15.1 Å². The Hall–Kier alpha value is -1.48. The van der Waals surface area contributed by atoms with Crippen LogP contribution in [0.4, 0.5) is 0 Å². The molecule has 1 aromatic carbocycles. The highest BCUT2D eigenvalue weighted by Gasteiger charge is 2.31. The number of hydrogen-bond acceptors (Lipinski definition) is 5. The number of nitrogens with zero attached hydrogens (tertiary/aromatic N) is 3. The fourth-order valence-corrected chi connectivity index (χ4v) is 5.18. The van der Waals surface area contributed by atoms with E-state index in [1.165, 1.54) is 16.4 Å². The molecule has 0 aliphatic carbocycles. The zero-order valence-electron chi connectivity index (χ0n) is 15.5. The van der Waals surface area contributed by atoms with Crippen LogP contribution in [0.3, 0.4) is 0 Å². The van der Waals surface area contributed by atoms with Gasteiger partial charge in [-0.3, -0.25) is 14.6 Å². The Morgan fingerprint density at radius 1 is 1.12 bits per heavy atom. The van der Waals surface area contributed by atoms with E-state index in [1.807, 2.05) is 13.8 Å². The highest BCUT2D eigenvalue weighted by molar-refractivity contribution is 7.89. The van der Waals surface area contributed by atoms with Crippen LogP contribution in [0.2, 0.25) is 0 Å². The number of piperazine rings is 3. The van der Waals surface area contributed by atoms with Crippen molar-refractivity contribution in [3.05, 3.63) is 29.8 Å². The number of sulfonamides is 1. The van der Waals surface area contributed by atoms with Crippen molar-refractivity contribution in [3.8, 4) is 0 Å². The van der Waals surface area contributed by atoms with Crippen LogP contribution in [0.15, 0.2) is 29.2 Å². The summed E-state index contributed by atoms with van der Waals surface area (Å²) in [4.78, 5) is 17.5. The first-order chi connectivity index (χ1) is 12.5. The Labute approximate surface area is 156 Å². The van der Waals surface area contributed by atoms with Gasteiger partial charge in [0.2, 0.25) is 10.0 Å². The fraction of sp³-hybridized carbons (Fsp3) is 0.611. The van der Waals surface area contributed by atoms with Crippen LogP contribution in [0.1, 0.15) is 24.2 Å². The van der Waals surface area contributed by atoms with Crippen LogP contribution >= 0.6 is 0 Å². The Balaban J connectivity index is 1.60. The van der Waals surface area contributed by atoms with E-state index < -0.39 is 10.0 Å². The van der Waals surface area contributed by atoms with Crippen molar-refractivity contribution >= 4 is 15.9 Å². The van der Waals surface area contributed by atoms with Crippen LogP contribution < -0.4 is 5.32 Å². The van der Waals surface area contributed by atoms with Gasteiger partial charge in [0.1, 0.15) is 0 Å². The third-order valence-corrected chi connectivity index (χ3v) is 7.41. The molecule has 1 unspecified atom stereocenters. The van der Waals surface area contributed by atoms with Crippen LogP contribution in [-0.2, 0) is 10.0 Å². The van der Waals surface area contributed by atoms with Crippen LogP contribution in [0, 0.1) is 0 Å². The summed E-state index contributed by atoms with van der Waals surface area (Å²) >= 11 is 0. The maximum atomic E-state index is 12.5. The van der Waals surface area contributed by atoms with Crippen molar-refractivity contribution in [2.24, 2.45) is 0 Å². The second-order valence-electron chi connectivity index (χ2n) is 6.81. The molecule has 144 valence electrons. The molecule has 4 rings (SSSR count). The summed E-state index contributed by atoms with van der Waals surface area (Å²) in [6.07, 6.45) is 0. The smallest absolute Gasteiger partial charge is 0.251 e. The molecule has 0 aromatic heterocycles. The molecular weight excluding hydrogens is 352 g/mol. The molecule has 3 aliphatic heterocycles. The van der Waals surface area contributed by atoms with E-state index >= 15 is 0 Å². The number of hydrogen-bond donors (Lipinski definition) is 1. The molecule has 1 N–H and O–H groups in total. The summed E-state index contributed by atoms with van der Waals surface area (Å²) in [5, 5.41) is 2.99. The van der Waals surface area contributed by atoms with Gasteiger partial charge in [0, 0.05) is 64.0 Å². The first-order valence-electron chi connectivity index (χ1n) is 9.30. The first kappa shape index (κ1) is 19.3. The molecule has 1 aromatic rings. The van der Waals surface area contributed by atoms with Crippen molar-refractivity contribution in [1.29, 1.82) is 0 Å². The average Bonchev–Trinajstić information content (AvgIpc) is 2.68. The van der Waals surface area contributed by atoms with Gasteiger partial charge in [-0.1, -0.05) is 13.8 Å². The second kappa shape index (κ2) is 8.04. The van der Waals surface area contributed by atoms with Crippen LogP contribution in [0.25, 0.3) is 0 Å². The van der Waals surface area contributed by atoms with Crippen LogP contribution in [-0.4, -0.2) is 86.8 Å². The summed E-state index contributed by atoms with van der Waals surface area (Å²) in [6, 6.07) is 6.56. The standard InChI is InChI=1S/C18H28N4O3S/c1-3-22(4-2)26(24,25)17-7-5-15(6-8-17)18(23)19-13-16-14-20-9-11-21(16)12-10-20/h5-8,16H,3-4,9-14H2,1-2H3,(H,19,23). The van der Waals surface area contributed by atoms with Crippen molar-refractivity contribution in [3.63, 3.8) is 0 Å². The first-order valence-corrected chi connectivity index (χ1v) is 10.7. The third-order valence-electron chi connectivity index (χ3n) is 5.35. The highest BCUT2D eigenvalue weighted by atomic mass is 32.2. The predicted molar refractivity (Wildman–Crippen MR) is 101 cm³/mol. The molecular formula is C18H28N4O3S. The monoisotopic (exact) mass is 380 g/mol. The van der Waals surface area contributed by atoms with Gasteiger partial charge < -0.3 is 5.32 Å². The summed E-state index contributed by atoms with van der Waals surface area (Å²) < 4.78 is 26.4. The minimum Gasteiger partial charge on any atom is -0.350 e. The van der Waals surface area contributed by atoms with Gasteiger partial charge in [-0.15, -0.1) is 0 Å². The Morgan fingerprint density at radius 3 is 2.23 bits per heavy atom. The van der Waals surface area contributed by atoms with E-state index in [9.17, 15) is 13.2 Å². The molecule has 0 spiro atoms. The summed E-state index contributed by atoms with van der Waals surface area (Å²) in [6.45, 7) is 10.5. The van der Waals surface area contributed by atoms with Crippen molar-refractivity contribution < 1.29 is 13.2 Å². The highest BCUT2D eigenvalue weighted by Crippen LogP contribution is 2.17. The molecule has 1 atom stereocenters. The van der Waals surface area contributed by atoms with Crippen molar-refractivity contribution in [2.45, 2.75) is 24.8 Å². The number of benzene rings is 1. The quantitative estimate of drug-likeness (QED) is 0.743. The summed E-state index contributed by atoms with van der Waals surface area (Å²) in [5.41, 5.74) is 0.486. The van der Waals surface area contributed by atoms with E-state index in [0.29, 0.717) is 31.2 Å². The van der Waals surface area contributed by atoms with Gasteiger partial charge in [-0.2, -0.15) is 4.31 Å². The molecule has 26 heavy (non-hydrogen) atoms. The minimum absolute atomic E-state index is 0.158. The molecule has 8 heteroatoms. The van der Waals surface area contributed by atoms with Gasteiger partial charge in [-0.25, -0.2) is 8.42 Å². The van der Waals surface area contributed by atoms with Crippen LogP contribution in [0.5, 0.6) is 0 Å². The van der Waals surface area contributed by atoms with Crippen molar-refractivity contribution in [2.75, 3.05) is 52.4 Å². The predicted octanol–water partition coefficient (Wildman–Crippen LogP) is 0.447. The third kappa shape index (κ3) is 3.93. The number of rotatable bonds is 7. The molecule has 1 amide bonds. The molecule has 0 radical (unpaired) electrons. The van der Waals surface area contributed by atoms with E-state index in [1.54, 1.807) is 12.1 Å². The summed E-state index contributed by atoms with van der Waals surface area (Å²) in [7, 11) is -3.49. The molecule has 2 bridgehead atoms. The molecule has 7 nitrogen and oxygen atoms in total. The maximum absolute atomic E-state index is 12.5. The normalized spacial score (nSPS) is 25.4. The molecule has 3 saturated heterocycles. The topological polar surface area (TPSA) is 73.0 Å². The molecule has 0 saturated carbocycles. The maximum Gasteiger partial charge on any atom is 0.251 e. The van der Waals surface area contributed by atoms with E-state index in [0.717, 1.165) is 32.7 Å². The zero-order chi connectivity index (χ0) is 18.7. The fourth-order valence-electron chi connectivity index (χ4n) is 3.72. The number of amides is 1. The minimum atomic E-state index is -3.49. The molecule has 3 heterocycles. The number of carbonyl (C=O) groups is 1. The molecule has 3 aliphatic rings. The number of fused-ring (bicyclic) bond motifs is 3. The number of nitrogens with one attached hydrogen (secondary N) is 1. The van der Waals surface area contributed by atoms with Crippen molar-refractivity contribution in [1.82, 2.24) is 19.4 Å². The largest absolute Gasteiger partial charge is 0.350 e. The lowest BCUT2D eigenvalue weighted by molar-refractivity contribution is 0.0138. The Kier molecular flexibility index (Phi) is 5.96. The number of carbonyl (C=O) groups excluding carboxylic acids is 1. The lowest BCUT2D eigenvalue weighted by Crippen LogP contribution is -2.63. The van der Waals surface area contributed by atoms with E-state index in [4.69, 9.17) is 0 Å². The lowest BCUT2D eigenvalue weighted by atomic mass is 10.1. The summed E-state index contributed by atoms with van der Waals surface area (Å²) in [5.74, 6) is -0.158. The average molecular weight is 381 g/mol.